The van der Waals surface area contributed by atoms with E-state index in [0.29, 0.717) is 6.61 Å². The number of benzene rings is 2. The van der Waals surface area contributed by atoms with Crippen molar-refractivity contribution in [2.75, 3.05) is 6.61 Å². The van der Waals surface area contributed by atoms with Crippen LogP contribution < -0.4 is 10.4 Å². The summed E-state index contributed by atoms with van der Waals surface area (Å²) in [7, 11) is -2.41. The van der Waals surface area contributed by atoms with Gasteiger partial charge in [-0.25, -0.2) is 4.98 Å². The van der Waals surface area contributed by atoms with Crippen molar-refractivity contribution in [3.8, 4) is 0 Å². The lowest BCUT2D eigenvalue weighted by atomic mass is 10.2. The van der Waals surface area contributed by atoms with E-state index in [1.807, 2.05) is 11.6 Å². The topological polar surface area (TPSA) is 22.1 Å². The van der Waals surface area contributed by atoms with E-state index in [4.69, 9.17) is 4.43 Å². The van der Waals surface area contributed by atoms with Crippen LogP contribution in [0.3, 0.4) is 0 Å². The lowest BCUT2D eigenvalue weighted by Gasteiger charge is -2.43. The highest BCUT2D eigenvalue weighted by atomic mass is 32.1. The lowest BCUT2D eigenvalue weighted by Crippen LogP contribution is -2.66. The molecule has 0 spiro atoms. The van der Waals surface area contributed by atoms with Crippen LogP contribution in [0, 0.1) is 0 Å². The van der Waals surface area contributed by atoms with Gasteiger partial charge in [-0.3, -0.25) is 0 Å². The SMILES string of the molecule is CC(C)(C)[Si](OCCc1nccs1)(c1ccccc1)c1ccccc1. The molecule has 1 heterocycles. The fourth-order valence-electron chi connectivity index (χ4n) is 3.43. The molecule has 2 aromatic carbocycles. The highest BCUT2D eigenvalue weighted by Crippen LogP contribution is 2.36. The zero-order chi connectivity index (χ0) is 17.8. The number of rotatable bonds is 6. The van der Waals surface area contributed by atoms with Gasteiger partial charge in [-0.1, -0.05) is 81.4 Å². The molecular weight excluding hydrogens is 342 g/mol. The monoisotopic (exact) mass is 367 g/mol. The molecule has 0 radical (unpaired) electrons. The Balaban J connectivity index is 2.02. The Labute approximate surface area is 155 Å². The van der Waals surface area contributed by atoms with Gasteiger partial charge in [0.25, 0.3) is 8.32 Å². The van der Waals surface area contributed by atoms with Crippen LogP contribution in [0.5, 0.6) is 0 Å². The van der Waals surface area contributed by atoms with Gasteiger partial charge in [0.15, 0.2) is 0 Å². The zero-order valence-electron chi connectivity index (χ0n) is 15.1. The summed E-state index contributed by atoms with van der Waals surface area (Å²) in [5.41, 5.74) is 0. The van der Waals surface area contributed by atoms with Gasteiger partial charge in [-0.2, -0.15) is 0 Å². The first kappa shape index (κ1) is 18.1. The van der Waals surface area contributed by atoms with Gasteiger partial charge in [0, 0.05) is 24.6 Å². The van der Waals surface area contributed by atoms with Crippen molar-refractivity contribution in [2.45, 2.75) is 32.2 Å². The second-order valence-electron chi connectivity index (χ2n) is 7.19. The van der Waals surface area contributed by atoms with Gasteiger partial charge in [-0.05, 0) is 15.4 Å². The summed E-state index contributed by atoms with van der Waals surface area (Å²) in [6, 6.07) is 21.6. The van der Waals surface area contributed by atoms with E-state index in [0.717, 1.165) is 11.4 Å². The number of nitrogens with zero attached hydrogens (tertiary/aromatic N) is 1. The predicted octanol–water partition coefficient (Wildman–Crippen LogP) is 4.26. The van der Waals surface area contributed by atoms with E-state index >= 15 is 0 Å². The molecule has 0 aliphatic rings. The molecule has 3 rings (SSSR count). The van der Waals surface area contributed by atoms with Gasteiger partial charge in [0.2, 0.25) is 0 Å². The highest BCUT2D eigenvalue weighted by molar-refractivity contribution is 7.09. The molecule has 3 aromatic rings. The van der Waals surface area contributed by atoms with Crippen molar-refractivity contribution < 1.29 is 4.43 Å². The van der Waals surface area contributed by atoms with Crippen LogP contribution >= 0.6 is 11.3 Å². The minimum Gasteiger partial charge on any atom is -0.407 e. The summed E-state index contributed by atoms with van der Waals surface area (Å²) in [6.07, 6.45) is 2.73. The third-order valence-electron chi connectivity index (χ3n) is 4.53. The molecule has 130 valence electrons. The molecular formula is C21H25NOSSi. The first-order valence-electron chi connectivity index (χ1n) is 8.67. The number of hydrogen-bond acceptors (Lipinski definition) is 3. The maximum Gasteiger partial charge on any atom is 0.261 e. The van der Waals surface area contributed by atoms with E-state index in [2.05, 4.69) is 86.4 Å². The summed E-state index contributed by atoms with van der Waals surface area (Å²) in [4.78, 5) is 4.40. The molecule has 0 bridgehead atoms. The molecule has 25 heavy (non-hydrogen) atoms. The van der Waals surface area contributed by atoms with Crippen molar-refractivity contribution >= 4 is 30.0 Å². The van der Waals surface area contributed by atoms with Gasteiger partial charge in [0.05, 0.1) is 5.01 Å². The Hall–Kier alpha value is -1.75. The summed E-state index contributed by atoms with van der Waals surface area (Å²) < 4.78 is 6.85. The molecule has 4 heteroatoms. The van der Waals surface area contributed by atoms with E-state index in [-0.39, 0.29) is 5.04 Å². The molecule has 0 saturated heterocycles. The van der Waals surface area contributed by atoms with Crippen LogP contribution in [0.1, 0.15) is 25.8 Å². The van der Waals surface area contributed by atoms with Crippen LogP contribution in [0.2, 0.25) is 5.04 Å². The van der Waals surface area contributed by atoms with Gasteiger partial charge in [-0.15, -0.1) is 11.3 Å². The maximum atomic E-state index is 6.85. The Morgan fingerprint density at radius 1 is 0.920 bits per heavy atom. The van der Waals surface area contributed by atoms with Crippen LogP contribution in [-0.4, -0.2) is 19.9 Å². The standard InChI is InChI=1S/C21H25NOSSi/c1-21(2,3)25(18-10-6-4-7-11-18,19-12-8-5-9-13-19)23-16-14-20-22-15-17-24-20/h4-13,15,17H,14,16H2,1-3H3. The van der Waals surface area contributed by atoms with Crippen LogP contribution in [0.15, 0.2) is 72.2 Å². The van der Waals surface area contributed by atoms with E-state index in [1.54, 1.807) is 11.3 Å². The molecule has 0 unspecified atom stereocenters. The zero-order valence-corrected chi connectivity index (χ0v) is 16.9. The molecule has 0 saturated carbocycles. The second kappa shape index (κ2) is 7.64. The molecule has 0 aliphatic heterocycles. The quantitative estimate of drug-likeness (QED) is 0.607. The third-order valence-corrected chi connectivity index (χ3v) is 10.4. The van der Waals surface area contributed by atoms with Crippen molar-refractivity contribution in [3.05, 3.63) is 77.2 Å². The van der Waals surface area contributed by atoms with Gasteiger partial charge < -0.3 is 4.43 Å². The summed E-state index contributed by atoms with van der Waals surface area (Å²) in [6.45, 7) is 7.62. The summed E-state index contributed by atoms with van der Waals surface area (Å²) in [5, 5.41) is 5.84. The number of aromatic nitrogens is 1. The van der Waals surface area contributed by atoms with Crippen LogP contribution in [-0.2, 0) is 10.8 Å². The average molecular weight is 368 g/mol. The van der Waals surface area contributed by atoms with Crippen molar-refractivity contribution in [1.29, 1.82) is 0 Å². The molecule has 0 amide bonds. The largest absolute Gasteiger partial charge is 0.407 e. The molecule has 2 nitrogen and oxygen atoms in total. The van der Waals surface area contributed by atoms with E-state index in [9.17, 15) is 0 Å². The Kier molecular flexibility index (Phi) is 5.52. The first-order chi connectivity index (χ1) is 12.0. The normalized spacial score (nSPS) is 12.3. The van der Waals surface area contributed by atoms with Crippen LogP contribution in [0.25, 0.3) is 0 Å². The minimum atomic E-state index is -2.41. The number of hydrogen-bond donors (Lipinski definition) is 0. The smallest absolute Gasteiger partial charge is 0.261 e. The minimum absolute atomic E-state index is 0.0264. The Morgan fingerprint density at radius 2 is 1.48 bits per heavy atom. The lowest BCUT2D eigenvalue weighted by molar-refractivity contribution is 0.301. The predicted molar refractivity (Wildman–Crippen MR) is 109 cm³/mol. The van der Waals surface area contributed by atoms with Crippen molar-refractivity contribution in [1.82, 2.24) is 4.98 Å². The third kappa shape index (κ3) is 3.76. The summed E-state index contributed by atoms with van der Waals surface area (Å²) >= 11 is 1.70. The van der Waals surface area contributed by atoms with E-state index < -0.39 is 8.32 Å². The van der Waals surface area contributed by atoms with Crippen LogP contribution in [0.4, 0.5) is 0 Å². The Morgan fingerprint density at radius 3 is 1.92 bits per heavy atom. The molecule has 0 fully saturated rings. The molecule has 1 aromatic heterocycles. The van der Waals surface area contributed by atoms with Crippen molar-refractivity contribution in [2.24, 2.45) is 0 Å². The summed E-state index contributed by atoms with van der Waals surface area (Å²) in [5.74, 6) is 0. The van der Waals surface area contributed by atoms with Gasteiger partial charge in [0.1, 0.15) is 0 Å². The molecule has 0 atom stereocenters. The van der Waals surface area contributed by atoms with Gasteiger partial charge >= 0.3 is 0 Å². The molecule has 0 N–H and O–H groups in total. The molecule has 0 aliphatic carbocycles. The fourth-order valence-corrected chi connectivity index (χ4v) is 8.59. The fraction of sp³-hybridized carbons (Fsp3) is 0.286. The Bertz CT molecular complexity index is 727. The van der Waals surface area contributed by atoms with E-state index in [1.165, 1.54) is 10.4 Å². The number of thiazole rings is 1. The average Bonchev–Trinajstić information content (AvgIpc) is 3.13. The second-order valence-corrected chi connectivity index (χ2v) is 12.5. The van der Waals surface area contributed by atoms with Crippen molar-refractivity contribution in [3.63, 3.8) is 0 Å². The first-order valence-corrected chi connectivity index (χ1v) is 11.5. The maximum absolute atomic E-state index is 6.85. The highest BCUT2D eigenvalue weighted by Gasteiger charge is 2.49.